The van der Waals surface area contributed by atoms with Gasteiger partial charge in [-0.2, -0.15) is 0 Å². The molecule has 2 N–H and O–H groups in total. The highest BCUT2D eigenvalue weighted by Crippen LogP contribution is 2.30. The number of carbonyl (C=O) groups is 3. The van der Waals surface area contributed by atoms with Crippen LogP contribution in [0.5, 0.6) is 0 Å². The second kappa shape index (κ2) is 13.0. The van der Waals surface area contributed by atoms with E-state index >= 15 is 0 Å². The van der Waals surface area contributed by atoms with Crippen LogP contribution >= 0.6 is 0 Å². The van der Waals surface area contributed by atoms with E-state index in [0.717, 1.165) is 11.1 Å². The molecule has 0 unspecified atom stereocenters. The van der Waals surface area contributed by atoms with E-state index < -0.39 is 11.7 Å². The summed E-state index contributed by atoms with van der Waals surface area (Å²) >= 11 is 0. The maximum Gasteiger partial charge on any atom is 0.410 e. The fourth-order valence-electron chi connectivity index (χ4n) is 4.99. The van der Waals surface area contributed by atoms with E-state index in [0.29, 0.717) is 26.2 Å². The molecule has 4 rings (SSSR count). The maximum absolute atomic E-state index is 12.6. The number of hydrogen-bond acceptors (Lipinski definition) is 5. The molecule has 212 valence electrons. The lowest BCUT2D eigenvalue weighted by molar-refractivity contribution is -0.135. The van der Waals surface area contributed by atoms with Gasteiger partial charge in [-0.1, -0.05) is 60.7 Å². The first-order chi connectivity index (χ1) is 18.4. The zero-order valence-electron chi connectivity index (χ0n) is 23.8. The quantitative estimate of drug-likeness (QED) is 0.563. The molecule has 0 bridgehead atoms. The molecule has 2 fully saturated rings. The van der Waals surface area contributed by atoms with Crippen molar-refractivity contribution in [3.63, 3.8) is 0 Å². The third-order valence-corrected chi connectivity index (χ3v) is 6.89. The molecule has 0 spiro atoms. The lowest BCUT2D eigenvalue weighted by Gasteiger charge is -2.45. The average molecular weight is 539 g/mol. The number of hydrogen-bond donors (Lipinski definition) is 2. The molecule has 2 aliphatic rings. The number of amides is 3. The van der Waals surface area contributed by atoms with Crippen molar-refractivity contribution in [2.24, 2.45) is 0 Å². The Labute approximate surface area is 231 Å². The van der Waals surface area contributed by atoms with E-state index in [1.807, 2.05) is 100 Å². The smallest absolute Gasteiger partial charge is 0.410 e. The Balaban J connectivity index is 0.000000230. The maximum atomic E-state index is 12.6. The summed E-state index contributed by atoms with van der Waals surface area (Å²) < 4.78 is 5.56. The minimum Gasteiger partial charge on any atom is -0.465 e. The second-order valence-corrected chi connectivity index (χ2v) is 11.3. The van der Waals surface area contributed by atoms with E-state index in [2.05, 4.69) is 5.32 Å². The first-order valence-electron chi connectivity index (χ1n) is 13.5. The number of rotatable bonds is 2. The number of nitrogens with one attached hydrogen (secondary N) is 1. The fraction of sp³-hybridized carbons (Fsp3) is 0.500. The fourth-order valence-corrected chi connectivity index (χ4v) is 4.99. The van der Waals surface area contributed by atoms with Gasteiger partial charge in [-0.3, -0.25) is 14.6 Å². The van der Waals surface area contributed by atoms with Gasteiger partial charge in [-0.15, -0.1) is 0 Å². The first-order valence-corrected chi connectivity index (χ1v) is 13.5. The molecule has 0 radical (unpaired) electrons. The zero-order chi connectivity index (χ0) is 28.7. The molecule has 2 heterocycles. The molecule has 0 aromatic heterocycles. The summed E-state index contributed by atoms with van der Waals surface area (Å²) in [4.78, 5) is 40.8. The Kier molecular flexibility index (Phi) is 9.97. The predicted molar refractivity (Wildman–Crippen MR) is 150 cm³/mol. The van der Waals surface area contributed by atoms with E-state index in [4.69, 9.17) is 4.74 Å². The van der Waals surface area contributed by atoms with Gasteiger partial charge in [-0.25, -0.2) is 9.59 Å². The predicted octanol–water partition coefficient (Wildman–Crippen LogP) is 4.91. The Morgan fingerprint density at radius 3 is 1.85 bits per heavy atom. The molecule has 0 saturated carbocycles. The van der Waals surface area contributed by atoms with Crippen LogP contribution < -0.4 is 5.32 Å². The summed E-state index contributed by atoms with van der Waals surface area (Å²) in [5.41, 5.74) is 1.51. The van der Waals surface area contributed by atoms with Crippen LogP contribution in [0.3, 0.4) is 0 Å². The van der Waals surface area contributed by atoms with Crippen molar-refractivity contribution < 1.29 is 24.2 Å². The Morgan fingerprint density at radius 2 is 1.36 bits per heavy atom. The molecule has 0 aliphatic carbocycles. The van der Waals surface area contributed by atoms with Crippen LogP contribution in [-0.4, -0.2) is 81.8 Å². The first kappa shape index (κ1) is 30.0. The zero-order valence-corrected chi connectivity index (χ0v) is 23.8. The van der Waals surface area contributed by atoms with E-state index in [-0.39, 0.29) is 36.2 Å². The lowest BCUT2D eigenvalue weighted by Crippen LogP contribution is -2.57. The van der Waals surface area contributed by atoms with Gasteiger partial charge in [0.05, 0.1) is 12.1 Å². The van der Waals surface area contributed by atoms with Crippen molar-refractivity contribution in [1.82, 2.24) is 20.0 Å². The Morgan fingerprint density at radius 1 is 0.821 bits per heavy atom. The SMILES string of the molecule is CC(=O)N1C[C@H](c2ccccc2)N(C(=O)OC(C)(C)C)C[C@H]1C.C[C@@H]1CN(C(=O)O)[C@@H](c2ccccc2)CN1. The van der Waals surface area contributed by atoms with Crippen molar-refractivity contribution in [3.8, 4) is 0 Å². The third-order valence-electron chi connectivity index (χ3n) is 6.89. The average Bonchev–Trinajstić information content (AvgIpc) is 2.88. The molecule has 2 aliphatic heterocycles. The molecule has 9 nitrogen and oxygen atoms in total. The van der Waals surface area contributed by atoms with Crippen LogP contribution in [0.15, 0.2) is 60.7 Å². The lowest BCUT2D eigenvalue weighted by atomic mass is 10.00. The summed E-state index contributed by atoms with van der Waals surface area (Å²) in [6.45, 7) is 13.3. The third kappa shape index (κ3) is 8.20. The molecule has 39 heavy (non-hydrogen) atoms. The molecule has 2 saturated heterocycles. The Bertz CT molecular complexity index is 1110. The number of nitrogens with zero attached hydrogens (tertiary/aromatic N) is 3. The number of ether oxygens (including phenoxy) is 1. The van der Waals surface area contributed by atoms with Crippen LogP contribution in [0.1, 0.15) is 64.8 Å². The molecular formula is C30H42N4O5. The van der Waals surface area contributed by atoms with Crippen LogP contribution in [0.25, 0.3) is 0 Å². The van der Waals surface area contributed by atoms with Gasteiger partial charge in [0, 0.05) is 45.2 Å². The van der Waals surface area contributed by atoms with Crippen LogP contribution in [0.2, 0.25) is 0 Å². The molecular weight excluding hydrogens is 496 g/mol. The van der Waals surface area contributed by atoms with Gasteiger partial charge in [0.15, 0.2) is 0 Å². The van der Waals surface area contributed by atoms with E-state index in [1.54, 1.807) is 11.8 Å². The largest absolute Gasteiger partial charge is 0.465 e. The van der Waals surface area contributed by atoms with Crippen molar-refractivity contribution >= 4 is 18.1 Å². The molecule has 4 atom stereocenters. The van der Waals surface area contributed by atoms with Gasteiger partial charge in [0.25, 0.3) is 0 Å². The van der Waals surface area contributed by atoms with E-state index in [1.165, 1.54) is 4.90 Å². The monoisotopic (exact) mass is 538 g/mol. The van der Waals surface area contributed by atoms with Gasteiger partial charge in [0.2, 0.25) is 5.91 Å². The molecule has 3 amide bonds. The van der Waals surface area contributed by atoms with E-state index in [9.17, 15) is 19.5 Å². The molecule has 9 heteroatoms. The van der Waals surface area contributed by atoms with Crippen molar-refractivity contribution in [1.29, 1.82) is 0 Å². The highest BCUT2D eigenvalue weighted by atomic mass is 16.6. The number of carboxylic acid groups (broad SMARTS) is 1. The van der Waals surface area contributed by atoms with Crippen molar-refractivity contribution in [3.05, 3.63) is 71.8 Å². The summed E-state index contributed by atoms with van der Waals surface area (Å²) in [6.07, 6.45) is -1.18. The molecule has 2 aromatic rings. The Hall–Kier alpha value is -3.59. The van der Waals surface area contributed by atoms with Crippen LogP contribution in [-0.2, 0) is 9.53 Å². The normalized spacial score (nSPS) is 23.4. The number of benzene rings is 2. The topological polar surface area (TPSA) is 102 Å². The molecule has 2 aromatic carbocycles. The minimum atomic E-state index is -0.845. The summed E-state index contributed by atoms with van der Waals surface area (Å²) in [7, 11) is 0. The van der Waals surface area contributed by atoms with Gasteiger partial charge in [0.1, 0.15) is 5.60 Å². The number of carbonyl (C=O) groups excluding carboxylic acids is 2. The summed E-state index contributed by atoms with van der Waals surface area (Å²) in [5.74, 6) is 0.0299. The van der Waals surface area contributed by atoms with Crippen LogP contribution in [0, 0.1) is 0 Å². The second-order valence-electron chi connectivity index (χ2n) is 11.3. The van der Waals surface area contributed by atoms with Gasteiger partial charge in [-0.05, 0) is 45.7 Å². The van der Waals surface area contributed by atoms with Crippen molar-refractivity contribution in [2.75, 3.05) is 26.2 Å². The standard InChI is InChI=1S/C18H26N2O3.C12H16N2O2/c1-13-11-20(17(22)23-18(3,4)5)16(12-19(13)14(2)21)15-9-7-6-8-10-15;1-9-8-14(12(15)16)11(7-13-9)10-5-3-2-4-6-10/h6-10,13,16H,11-12H2,1-5H3;2-6,9,11,13H,7-8H2,1H3,(H,15,16)/t13-,16-;9-,11-/m11/s1. The summed E-state index contributed by atoms with van der Waals surface area (Å²) in [6, 6.07) is 19.5. The summed E-state index contributed by atoms with van der Waals surface area (Å²) in [5, 5.41) is 12.5. The van der Waals surface area contributed by atoms with Crippen molar-refractivity contribution in [2.45, 2.75) is 71.3 Å². The van der Waals surface area contributed by atoms with Gasteiger partial charge < -0.3 is 20.1 Å². The minimum absolute atomic E-state index is 0.0278. The number of piperazine rings is 2. The van der Waals surface area contributed by atoms with Gasteiger partial charge >= 0.3 is 12.2 Å². The highest BCUT2D eigenvalue weighted by molar-refractivity contribution is 5.75. The van der Waals surface area contributed by atoms with Crippen LogP contribution in [0.4, 0.5) is 9.59 Å². The highest BCUT2D eigenvalue weighted by Gasteiger charge is 2.38.